The zero-order chi connectivity index (χ0) is 16.7. The van der Waals surface area contributed by atoms with Crippen molar-refractivity contribution in [1.29, 1.82) is 0 Å². The van der Waals surface area contributed by atoms with Gasteiger partial charge in [0.1, 0.15) is 17.3 Å². The largest absolute Gasteiger partial charge is 0.494 e. The molecule has 2 aromatic rings. The second kappa shape index (κ2) is 8.53. The Morgan fingerprint density at radius 2 is 1.83 bits per heavy atom. The summed E-state index contributed by atoms with van der Waals surface area (Å²) >= 11 is 0. The third-order valence-corrected chi connectivity index (χ3v) is 3.69. The van der Waals surface area contributed by atoms with Gasteiger partial charge in [-0.05, 0) is 62.7 Å². The number of benzene rings is 2. The Morgan fingerprint density at radius 3 is 2.52 bits per heavy atom. The summed E-state index contributed by atoms with van der Waals surface area (Å²) in [5.41, 5.74) is 7.88. The Balaban J connectivity index is 2.26. The maximum atomic E-state index is 13.7. The first-order chi connectivity index (χ1) is 11.2. The molecule has 0 saturated heterocycles. The van der Waals surface area contributed by atoms with Crippen LogP contribution in [-0.4, -0.2) is 19.8 Å². The summed E-state index contributed by atoms with van der Waals surface area (Å²) in [6.45, 7) is 5.45. The number of halogens is 1. The molecule has 2 aromatic carbocycles. The van der Waals surface area contributed by atoms with Gasteiger partial charge < -0.3 is 15.2 Å². The van der Waals surface area contributed by atoms with E-state index in [2.05, 4.69) is 0 Å². The summed E-state index contributed by atoms with van der Waals surface area (Å²) in [5, 5.41) is 0. The van der Waals surface area contributed by atoms with Crippen molar-refractivity contribution in [1.82, 2.24) is 0 Å². The topological polar surface area (TPSA) is 44.5 Å². The van der Waals surface area contributed by atoms with E-state index >= 15 is 0 Å². The minimum absolute atomic E-state index is 0.0101. The van der Waals surface area contributed by atoms with Crippen LogP contribution in [0.3, 0.4) is 0 Å². The maximum absolute atomic E-state index is 13.7. The zero-order valence-corrected chi connectivity index (χ0v) is 13.7. The molecule has 0 aliphatic heterocycles. The summed E-state index contributed by atoms with van der Waals surface area (Å²) in [6.07, 6.45) is 0.709. The molecule has 3 nitrogen and oxygen atoms in total. The van der Waals surface area contributed by atoms with E-state index in [-0.39, 0.29) is 11.7 Å². The Morgan fingerprint density at radius 1 is 1.04 bits per heavy atom. The van der Waals surface area contributed by atoms with Crippen molar-refractivity contribution in [2.45, 2.75) is 26.2 Å². The maximum Gasteiger partial charge on any atom is 0.123 e. The van der Waals surface area contributed by atoms with Crippen molar-refractivity contribution >= 4 is 0 Å². The summed E-state index contributed by atoms with van der Waals surface area (Å²) in [5.74, 6) is 1.25. The molecule has 23 heavy (non-hydrogen) atoms. The van der Waals surface area contributed by atoms with Crippen molar-refractivity contribution in [2.24, 2.45) is 5.73 Å². The minimum atomic E-state index is -0.273. The fourth-order valence-electron chi connectivity index (χ4n) is 2.66. The monoisotopic (exact) mass is 317 g/mol. The van der Waals surface area contributed by atoms with Crippen LogP contribution in [-0.2, 0) is 6.42 Å². The SMILES string of the molecule is CCOc1cccc(CC(CN)c2cc(F)ccc2OCC)c1. The number of ether oxygens (including phenoxy) is 2. The van der Waals surface area contributed by atoms with Crippen molar-refractivity contribution < 1.29 is 13.9 Å². The lowest BCUT2D eigenvalue weighted by molar-refractivity contribution is 0.333. The third kappa shape index (κ3) is 4.70. The van der Waals surface area contributed by atoms with E-state index in [0.29, 0.717) is 31.9 Å². The summed E-state index contributed by atoms with van der Waals surface area (Å²) in [7, 11) is 0. The smallest absolute Gasteiger partial charge is 0.123 e. The second-order valence-corrected chi connectivity index (χ2v) is 5.33. The zero-order valence-electron chi connectivity index (χ0n) is 13.7. The molecule has 0 radical (unpaired) electrons. The van der Waals surface area contributed by atoms with E-state index in [1.54, 1.807) is 6.07 Å². The van der Waals surface area contributed by atoms with Gasteiger partial charge in [0.05, 0.1) is 13.2 Å². The molecule has 4 heteroatoms. The van der Waals surface area contributed by atoms with Gasteiger partial charge in [-0.3, -0.25) is 0 Å². The van der Waals surface area contributed by atoms with Gasteiger partial charge in [-0.15, -0.1) is 0 Å². The van der Waals surface area contributed by atoms with E-state index in [0.717, 1.165) is 16.9 Å². The quantitative estimate of drug-likeness (QED) is 0.803. The average molecular weight is 317 g/mol. The van der Waals surface area contributed by atoms with Crippen molar-refractivity contribution in [3.8, 4) is 11.5 Å². The normalized spacial score (nSPS) is 12.0. The molecule has 0 aliphatic rings. The van der Waals surface area contributed by atoms with Crippen LogP contribution in [0.1, 0.15) is 30.9 Å². The molecule has 0 fully saturated rings. The fourth-order valence-corrected chi connectivity index (χ4v) is 2.66. The van der Waals surface area contributed by atoms with Crippen LogP contribution in [0, 0.1) is 5.82 Å². The molecule has 0 aromatic heterocycles. The second-order valence-electron chi connectivity index (χ2n) is 5.33. The van der Waals surface area contributed by atoms with Gasteiger partial charge >= 0.3 is 0 Å². The number of hydrogen-bond acceptors (Lipinski definition) is 3. The molecule has 0 amide bonds. The van der Waals surface area contributed by atoms with Gasteiger partial charge in [-0.25, -0.2) is 4.39 Å². The standard InChI is InChI=1S/C19H24FNO2/c1-3-22-17-7-5-6-14(11-17)10-15(13-21)18-12-16(20)8-9-19(18)23-4-2/h5-9,11-12,15H,3-4,10,13,21H2,1-2H3. The summed E-state index contributed by atoms with van der Waals surface area (Å²) in [6, 6.07) is 12.5. The van der Waals surface area contributed by atoms with Crippen LogP contribution >= 0.6 is 0 Å². The first-order valence-corrected chi connectivity index (χ1v) is 8.02. The molecule has 0 saturated carbocycles. The first-order valence-electron chi connectivity index (χ1n) is 8.02. The Labute approximate surface area is 137 Å². The molecule has 0 bridgehead atoms. The Hall–Kier alpha value is -2.07. The Kier molecular flexibility index (Phi) is 6.41. The molecular weight excluding hydrogens is 293 g/mol. The van der Waals surface area contributed by atoms with Crippen molar-refractivity contribution in [2.75, 3.05) is 19.8 Å². The van der Waals surface area contributed by atoms with Gasteiger partial charge in [0.15, 0.2) is 0 Å². The van der Waals surface area contributed by atoms with Crippen molar-refractivity contribution in [3.05, 3.63) is 59.4 Å². The third-order valence-electron chi connectivity index (χ3n) is 3.69. The molecule has 124 valence electrons. The number of hydrogen-bond donors (Lipinski definition) is 1. The Bertz CT molecular complexity index is 631. The number of nitrogens with two attached hydrogens (primary N) is 1. The molecule has 2 rings (SSSR count). The summed E-state index contributed by atoms with van der Waals surface area (Å²) < 4.78 is 24.8. The summed E-state index contributed by atoms with van der Waals surface area (Å²) in [4.78, 5) is 0. The molecule has 1 atom stereocenters. The highest BCUT2D eigenvalue weighted by atomic mass is 19.1. The van der Waals surface area contributed by atoms with Crippen LogP contribution in [0.15, 0.2) is 42.5 Å². The highest BCUT2D eigenvalue weighted by Gasteiger charge is 2.17. The molecule has 0 spiro atoms. The van der Waals surface area contributed by atoms with Crippen LogP contribution in [0.5, 0.6) is 11.5 Å². The molecule has 2 N–H and O–H groups in total. The van der Waals surface area contributed by atoms with E-state index in [4.69, 9.17) is 15.2 Å². The molecular formula is C19H24FNO2. The lowest BCUT2D eigenvalue weighted by Crippen LogP contribution is -2.16. The van der Waals surface area contributed by atoms with E-state index in [1.807, 2.05) is 38.1 Å². The van der Waals surface area contributed by atoms with Gasteiger partial charge in [-0.2, -0.15) is 0 Å². The highest BCUT2D eigenvalue weighted by Crippen LogP contribution is 2.30. The van der Waals surface area contributed by atoms with E-state index in [1.165, 1.54) is 12.1 Å². The van der Waals surface area contributed by atoms with Crippen LogP contribution in [0.25, 0.3) is 0 Å². The number of rotatable bonds is 8. The van der Waals surface area contributed by atoms with Gasteiger partial charge in [0.2, 0.25) is 0 Å². The van der Waals surface area contributed by atoms with Crippen molar-refractivity contribution in [3.63, 3.8) is 0 Å². The van der Waals surface area contributed by atoms with Gasteiger partial charge in [-0.1, -0.05) is 12.1 Å². The average Bonchev–Trinajstić information content (AvgIpc) is 2.55. The molecule has 0 heterocycles. The van der Waals surface area contributed by atoms with E-state index < -0.39 is 0 Å². The fraction of sp³-hybridized carbons (Fsp3) is 0.368. The predicted octanol–water partition coefficient (Wildman–Crippen LogP) is 3.91. The van der Waals surface area contributed by atoms with Crippen LogP contribution < -0.4 is 15.2 Å². The minimum Gasteiger partial charge on any atom is -0.494 e. The molecule has 1 unspecified atom stereocenters. The highest BCUT2D eigenvalue weighted by molar-refractivity contribution is 5.39. The lowest BCUT2D eigenvalue weighted by atomic mass is 9.91. The first kappa shape index (κ1) is 17.3. The van der Waals surface area contributed by atoms with Crippen LogP contribution in [0.2, 0.25) is 0 Å². The molecule has 0 aliphatic carbocycles. The predicted molar refractivity (Wildman–Crippen MR) is 90.7 cm³/mol. The van der Waals surface area contributed by atoms with E-state index in [9.17, 15) is 4.39 Å². The van der Waals surface area contributed by atoms with Crippen LogP contribution in [0.4, 0.5) is 4.39 Å². The lowest BCUT2D eigenvalue weighted by Gasteiger charge is -2.19. The van der Waals surface area contributed by atoms with Gasteiger partial charge in [0, 0.05) is 11.5 Å². The van der Waals surface area contributed by atoms with Gasteiger partial charge in [0.25, 0.3) is 0 Å².